The van der Waals surface area contributed by atoms with Crippen molar-refractivity contribution in [1.29, 1.82) is 0 Å². The van der Waals surface area contributed by atoms with Gasteiger partial charge in [-0.3, -0.25) is 0 Å². The fraction of sp³-hybridized carbons (Fsp3) is 0.500. The maximum absolute atomic E-state index is 3.49. The van der Waals surface area contributed by atoms with E-state index < -0.39 is 0 Å². The summed E-state index contributed by atoms with van der Waals surface area (Å²) in [5, 5.41) is 0. The zero-order valence-electron chi connectivity index (χ0n) is 5.86. The summed E-state index contributed by atoms with van der Waals surface area (Å²) in [6.45, 7) is 9.84. The van der Waals surface area contributed by atoms with Gasteiger partial charge in [0, 0.05) is 0 Å². The Morgan fingerprint density at radius 2 is 2.12 bits per heavy atom. The zero-order valence-corrected chi connectivity index (χ0v) is 5.86. The van der Waals surface area contributed by atoms with Gasteiger partial charge in [-0.25, -0.2) is 0 Å². The van der Waals surface area contributed by atoms with Crippen LogP contribution in [0.3, 0.4) is 0 Å². The molecule has 0 aliphatic carbocycles. The van der Waals surface area contributed by atoms with E-state index in [-0.39, 0.29) is 0 Å². The quantitative estimate of drug-likeness (QED) is 0.478. The van der Waals surface area contributed by atoms with Crippen LogP contribution >= 0.6 is 0 Å². The summed E-state index contributed by atoms with van der Waals surface area (Å²) in [5.74, 6) is 1.94. The summed E-state index contributed by atoms with van der Waals surface area (Å²) in [6, 6.07) is 0. The van der Waals surface area contributed by atoms with Crippen LogP contribution in [0.1, 0.15) is 20.8 Å². The van der Waals surface area contributed by atoms with Gasteiger partial charge in [0.15, 0.2) is 0 Å². The van der Waals surface area contributed by atoms with E-state index >= 15 is 0 Å². The SMILES string of the molecule is C=C=CC(C)[C](C)C. The van der Waals surface area contributed by atoms with E-state index in [1.54, 1.807) is 0 Å². The summed E-state index contributed by atoms with van der Waals surface area (Å²) in [5.41, 5.74) is 2.75. The second-order valence-electron chi connectivity index (χ2n) is 2.24. The predicted molar refractivity (Wildman–Crippen MR) is 37.5 cm³/mol. The molecule has 0 spiro atoms. The minimum Gasteiger partial charge on any atom is -0.133 e. The van der Waals surface area contributed by atoms with Crippen molar-refractivity contribution in [3.63, 3.8) is 0 Å². The van der Waals surface area contributed by atoms with Crippen LogP contribution in [-0.4, -0.2) is 0 Å². The normalized spacial score (nSPS) is 13.0. The van der Waals surface area contributed by atoms with E-state index in [9.17, 15) is 0 Å². The van der Waals surface area contributed by atoms with E-state index in [0.29, 0.717) is 5.92 Å². The van der Waals surface area contributed by atoms with Gasteiger partial charge in [0.2, 0.25) is 0 Å². The summed E-state index contributed by atoms with van der Waals surface area (Å²) in [4.78, 5) is 0. The van der Waals surface area contributed by atoms with Crippen LogP contribution in [0.4, 0.5) is 0 Å². The largest absolute Gasteiger partial charge is 0.133 e. The molecule has 0 rings (SSSR count). The Bertz CT molecular complexity index is 94.6. The van der Waals surface area contributed by atoms with E-state index in [0.717, 1.165) is 0 Å². The number of rotatable bonds is 2. The average molecular weight is 109 g/mol. The molecule has 0 amide bonds. The number of hydrogen-bond acceptors (Lipinski definition) is 0. The molecule has 0 aromatic rings. The lowest BCUT2D eigenvalue weighted by Gasteiger charge is -2.06. The van der Waals surface area contributed by atoms with Crippen molar-refractivity contribution < 1.29 is 0 Å². The molecular formula is C8H13. The van der Waals surface area contributed by atoms with Gasteiger partial charge < -0.3 is 0 Å². The second kappa shape index (κ2) is 3.51. The highest BCUT2D eigenvalue weighted by molar-refractivity contribution is 4.96. The number of hydrogen-bond donors (Lipinski definition) is 0. The maximum Gasteiger partial charge on any atom is -0.0129 e. The molecule has 0 bridgehead atoms. The molecule has 1 radical (unpaired) electrons. The van der Waals surface area contributed by atoms with Crippen molar-refractivity contribution in [2.24, 2.45) is 5.92 Å². The average Bonchev–Trinajstić information content (AvgIpc) is 1.67. The van der Waals surface area contributed by atoms with Gasteiger partial charge in [-0.1, -0.05) is 27.4 Å². The first-order chi connectivity index (χ1) is 3.68. The van der Waals surface area contributed by atoms with E-state index in [1.807, 2.05) is 6.08 Å². The predicted octanol–water partition coefficient (Wildman–Crippen LogP) is 2.58. The third-order valence-corrected chi connectivity index (χ3v) is 1.28. The topological polar surface area (TPSA) is 0 Å². The molecule has 0 saturated heterocycles. The van der Waals surface area contributed by atoms with Gasteiger partial charge in [-0.05, 0) is 17.9 Å². The molecule has 0 fully saturated rings. The third kappa shape index (κ3) is 2.65. The fourth-order valence-electron chi connectivity index (χ4n) is 0.343. The third-order valence-electron chi connectivity index (χ3n) is 1.28. The lowest BCUT2D eigenvalue weighted by molar-refractivity contribution is 0.744. The van der Waals surface area contributed by atoms with Crippen LogP contribution in [0.25, 0.3) is 0 Å². The Morgan fingerprint density at radius 3 is 2.25 bits per heavy atom. The monoisotopic (exact) mass is 109 g/mol. The molecular weight excluding hydrogens is 96.1 g/mol. The maximum atomic E-state index is 3.49. The molecule has 0 aliphatic rings. The van der Waals surface area contributed by atoms with Gasteiger partial charge in [0.25, 0.3) is 0 Å². The summed E-state index contributed by atoms with van der Waals surface area (Å²) >= 11 is 0. The molecule has 8 heavy (non-hydrogen) atoms. The first-order valence-electron chi connectivity index (χ1n) is 2.84. The molecule has 0 nitrogen and oxygen atoms in total. The van der Waals surface area contributed by atoms with Gasteiger partial charge in [0.1, 0.15) is 0 Å². The molecule has 0 heterocycles. The molecule has 1 unspecified atom stereocenters. The number of allylic oxidation sites excluding steroid dienone is 1. The molecule has 1 atom stereocenters. The van der Waals surface area contributed by atoms with Crippen LogP contribution in [0.15, 0.2) is 18.4 Å². The summed E-state index contributed by atoms with van der Waals surface area (Å²) in [7, 11) is 0. The fourth-order valence-corrected chi connectivity index (χ4v) is 0.343. The smallest absolute Gasteiger partial charge is 0.0129 e. The Balaban J connectivity index is 3.63. The molecule has 0 aromatic heterocycles. The highest BCUT2D eigenvalue weighted by atomic mass is 14.0. The van der Waals surface area contributed by atoms with E-state index in [2.05, 4.69) is 33.1 Å². The van der Waals surface area contributed by atoms with Gasteiger partial charge in [-0.15, -0.1) is 5.73 Å². The van der Waals surface area contributed by atoms with Crippen molar-refractivity contribution in [1.82, 2.24) is 0 Å². The Kier molecular flexibility index (Phi) is 3.30. The second-order valence-corrected chi connectivity index (χ2v) is 2.24. The zero-order chi connectivity index (χ0) is 6.57. The summed E-state index contributed by atoms with van der Waals surface area (Å²) in [6.07, 6.45) is 1.97. The lowest BCUT2D eigenvalue weighted by Crippen LogP contribution is -1.95. The summed E-state index contributed by atoms with van der Waals surface area (Å²) < 4.78 is 0. The molecule has 45 valence electrons. The van der Waals surface area contributed by atoms with Gasteiger partial charge in [-0.2, -0.15) is 0 Å². The van der Waals surface area contributed by atoms with Crippen LogP contribution in [0.5, 0.6) is 0 Å². The van der Waals surface area contributed by atoms with E-state index in [1.165, 1.54) is 5.92 Å². The first kappa shape index (κ1) is 7.52. The molecule has 0 aliphatic heterocycles. The molecule has 0 aromatic carbocycles. The minimum atomic E-state index is 0.535. The van der Waals surface area contributed by atoms with Crippen LogP contribution in [0.2, 0.25) is 0 Å². The standard InChI is InChI=1S/C8H13/c1-5-6-8(4)7(2)3/h6,8H,1H2,2-4H3. The van der Waals surface area contributed by atoms with Crippen LogP contribution in [0, 0.1) is 11.8 Å². The molecule has 0 saturated carbocycles. The van der Waals surface area contributed by atoms with E-state index in [4.69, 9.17) is 0 Å². The van der Waals surface area contributed by atoms with Crippen molar-refractivity contribution >= 4 is 0 Å². The van der Waals surface area contributed by atoms with Crippen molar-refractivity contribution in [3.05, 3.63) is 24.3 Å². The van der Waals surface area contributed by atoms with Crippen molar-refractivity contribution in [2.45, 2.75) is 20.8 Å². The van der Waals surface area contributed by atoms with Crippen molar-refractivity contribution in [3.8, 4) is 0 Å². The highest BCUT2D eigenvalue weighted by Crippen LogP contribution is 2.11. The van der Waals surface area contributed by atoms with Crippen LogP contribution < -0.4 is 0 Å². The Hall–Kier alpha value is -0.480. The van der Waals surface area contributed by atoms with Gasteiger partial charge >= 0.3 is 0 Å². The van der Waals surface area contributed by atoms with Crippen molar-refractivity contribution in [2.75, 3.05) is 0 Å². The Morgan fingerprint density at radius 1 is 1.62 bits per heavy atom. The first-order valence-corrected chi connectivity index (χ1v) is 2.84. The Labute approximate surface area is 51.9 Å². The molecule has 0 N–H and O–H groups in total. The lowest BCUT2D eigenvalue weighted by atomic mass is 9.98. The van der Waals surface area contributed by atoms with Gasteiger partial charge in [0.05, 0.1) is 0 Å². The minimum absolute atomic E-state index is 0.535. The van der Waals surface area contributed by atoms with Crippen LogP contribution in [-0.2, 0) is 0 Å². The molecule has 0 heteroatoms. The highest BCUT2D eigenvalue weighted by Gasteiger charge is 2.00.